The topological polar surface area (TPSA) is 64.3 Å². The van der Waals surface area contributed by atoms with E-state index in [9.17, 15) is 4.79 Å². The Labute approximate surface area is 120 Å². The van der Waals surface area contributed by atoms with E-state index in [4.69, 9.17) is 10.5 Å². The third kappa shape index (κ3) is 3.24. The van der Waals surface area contributed by atoms with Crippen LogP contribution in [0.2, 0.25) is 0 Å². The second kappa shape index (κ2) is 6.16. The van der Waals surface area contributed by atoms with Crippen molar-refractivity contribution < 1.29 is 9.53 Å². The Kier molecular flexibility index (Phi) is 4.53. The van der Waals surface area contributed by atoms with Crippen LogP contribution in [-0.2, 0) is 4.74 Å². The number of hydrogen-bond donors (Lipinski definition) is 2. The first-order chi connectivity index (χ1) is 9.56. The average molecular weight is 276 g/mol. The number of hydrogen-bond acceptors (Lipinski definition) is 4. The Morgan fingerprint density at radius 3 is 2.75 bits per heavy atom. The van der Waals surface area contributed by atoms with Gasteiger partial charge in [-0.25, -0.2) is 4.79 Å². The highest BCUT2D eigenvalue weighted by Gasteiger charge is 2.29. The summed E-state index contributed by atoms with van der Waals surface area (Å²) >= 11 is 0. The summed E-state index contributed by atoms with van der Waals surface area (Å²) in [6.45, 7) is 5.30. The minimum atomic E-state index is -0.320. The molecule has 1 aromatic carbocycles. The van der Waals surface area contributed by atoms with Gasteiger partial charge in [-0.05, 0) is 37.3 Å². The summed E-state index contributed by atoms with van der Waals surface area (Å²) in [6, 6.07) is 5.35. The quantitative estimate of drug-likeness (QED) is 0.638. The summed E-state index contributed by atoms with van der Waals surface area (Å²) in [5.74, 6) is -0.320. The normalized spacial score (nSPS) is 16.9. The molecule has 0 saturated heterocycles. The van der Waals surface area contributed by atoms with Gasteiger partial charge in [-0.2, -0.15) is 0 Å². The van der Waals surface area contributed by atoms with Gasteiger partial charge in [0.1, 0.15) is 0 Å². The van der Waals surface area contributed by atoms with Crippen LogP contribution in [0.1, 0.15) is 49.9 Å². The fraction of sp³-hybridized carbons (Fsp3) is 0.562. The highest BCUT2D eigenvalue weighted by atomic mass is 16.5. The van der Waals surface area contributed by atoms with Gasteiger partial charge in [0.05, 0.1) is 23.5 Å². The van der Waals surface area contributed by atoms with E-state index in [-0.39, 0.29) is 5.97 Å². The van der Waals surface area contributed by atoms with Crippen molar-refractivity contribution in [2.75, 3.05) is 24.2 Å². The van der Waals surface area contributed by atoms with Crippen LogP contribution in [0.3, 0.4) is 0 Å². The molecule has 0 unspecified atom stereocenters. The van der Waals surface area contributed by atoms with E-state index in [0.717, 1.165) is 6.54 Å². The number of anilines is 2. The Hall–Kier alpha value is -1.71. The molecule has 0 heterocycles. The maximum atomic E-state index is 12.0. The van der Waals surface area contributed by atoms with Crippen LogP contribution in [0.5, 0.6) is 0 Å². The van der Waals surface area contributed by atoms with Crippen molar-refractivity contribution in [1.29, 1.82) is 0 Å². The number of rotatable bonds is 5. The third-order valence-corrected chi connectivity index (χ3v) is 4.09. The zero-order valence-electron chi connectivity index (χ0n) is 12.4. The summed E-state index contributed by atoms with van der Waals surface area (Å²) in [5.41, 5.74) is 8.14. The molecule has 3 N–H and O–H groups in total. The van der Waals surface area contributed by atoms with Crippen molar-refractivity contribution in [3.8, 4) is 0 Å². The summed E-state index contributed by atoms with van der Waals surface area (Å²) in [6.07, 6.45) is 5.02. The summed E-state index contributed by atoms with van der Waals surface area (Å²) in [4.78, 5) is 12.0. The first-order valence-electron chi connectivity index (χ1n) is 7.35. The predicted octanol–water partition coefficient (Wildman–Crippen LogP) is 3.44. The molecule has 1 saturated carbocycles. The van der Waals surface area contributed by atoms with Gasteiger partial charge in [0.25, 0.3) is 0 Å². The van der Waals surface area contributed by atoms with Gasteiger partial charge >= 0.3 is 5.97 Å². The summed E-state index contributed by atoms with van der Waals surface area (Å²) < 4.78 is 5.09. The van der Waals surface area contributed by atoms with Gasteiger partial charge in [0.2, 0.25) is 0 Å². The molecule has 0 atom stereocenters. The Bertz CT molecular complexity index is 479. The number of para-hydroxylation sites is 1. The molecular formula is C16H24N2O2. The standard InChI is InChI=1S/C16H24N2O2/c1-3-20-15(19)12-7-6-8-13(17)14(12)18-11-16(2)9-4-5-10-16/h6-8,18H,3-5,9-11,17H2,1-2H3. The summed E-state index contributed by atoms with van der Waals surface area (Å²) in [5, 5.41) is 3.38. The second-order valence-corrected chi connectivity index (χ2v) is 5.86. The van der Waals surface area contributed by atoms with E-state index in [0.29, 0.717) is 29.0 Å². The molecule has 0 spiro atoms. The predicted molar refractivity (Wildman–Crippen MR) is 81.9 cm³/mol. The van der Waals surface area contributed by atoms with Crippen molar-refractivity contribution in [2.24, 2.45) is 5.41 Å². The van der Waals surface area contributed by atoms with Gasteiger partial charge < -0.3 is 15.8 Å². The molecule has 4 heteroatoms. The molecule has 0 bridgehead atoms. The van der Waals surface area contributed by atoms with Crippen LogP contribution >= 0.6 is 0 Å². The highest BCUT2D eigenvalue weighted by molar-refractivity contribution is 5.98. The number of nitrogens with one attached hydrogen (secondary N) is 1. The number of benzene rings is 1. The van der Waals surface area contributed by atoms with Gasteiger partial charge in [-0.15, -0.1) is 0 Å². The molecule has 1 aromatic rings. The first kappa shape index (κ1) is 14.7. The van der Waals surface area contributed by atoms with Crippen LogP contribution in [-0.4, -0.2) is 19.1 Å². The second-order valence-electron chi connectivity index (χ2n) is 5.86. The van der Waals surface area contributed by atoms with Crippen LogP contribution in [0.15, 0.2) is 18.2 Å². The zero-order valence-corrected chi connectivity index (χ0v) is 12.4. The van der Waals surface area contributed by atoms with E-state index in [1.165, 1.54) is 25.7 Å². The number of ether oxygens (including phenoxy) is 1. The minimum Gasteiger partial charge on any atom is -0.462 e. The van der Waals surface area contributed by atoms with E-state index in [1.807, 2.05) is 6.07 Å². The van der Waals surface area contributed by atoms with Crippen molar-refractivity contribution in [2.45, 2.75) is 39.5 Å². The van der Waals surface area contributed by atoms with Gasteiger partial charge in [0.15, 0.2) is 0 Å². The third-order valence-electron chi connectivity index (χ3n) is 4.09. The van der Waals surface area contributed by atoms with E-state index >= 15 is 0 Å². The average Bonchev–Trinajstić information content (AvgIpc) is 2.85. The van der Waals surface area contributed by atoms with Crippen LogP contribution in [0, 0.1) is 5.41 Å². The van der Waals surface area contributed by atoms with Crippen molar-refractivity contribution >= 4 is 17.3 Å². The maximum Gasteiger partial charge on any atom is 0.340 e. The Balaban J connectivity index is 2.15. The fourth-order valence-electron chi connectivity index (χ4n) is 2.85. The lowest BCUT2D eigenvalue weighted by molar-refractivity contribution is 0.0527. The van der Waals surface area contributed by atoms with Crippen LogP contribution < -0.4 is 11.1 Å². The molecule has 0 amide bonds. The SMILES string of the molecule is CCOC(=O)c1cccc(N)c1NCC1(C)CCCC1. The zero-order chi connectivity index (χ0) is 14.6. The molecule has 4 nitrogen and oxygen atoms in total. The lowest BCUT2D eigenvalue weighted by atomic mass is 9.88. The number of nitrogen functional groups attached to an aromatic ring is 1. The lowest BCUT2D eigenvalue weighted by Crippen LogP contribution is -2.24. The van der Waals surface area contributed by atoms with Crippen LogP contribution in [0.25, 0.3) is 0 Å². The molecule has 0 aromatic heterocycles. The van der Waals surface area contributed by atoms with E-state index in [2.05, 4.69) is 12.2 Å². The molecule has 0 aliphatic heterocycles. The minimum absolute atomic E-state index is 0.300. The Morgan fingerprint density at radius 1 is 1.40 bits per heavy atom. The summed E-state index contributed by atoms with van der Waals surface area (Å²) in [7, 11) is 0. The number of nitrogens with two attached hydrogens (primary N) is 1. The molecule has 110 valence electrons. The maximum absolute atomic E-state index is 12.0. The smallest absolute Gasteiger partial charge is 0.340 e. The monoisotopic (exact) mass is 276 g/mol. The molecular weight excluding hydrogens is 252 g/mol. The Morgan fingerprint density at radius 2 is 2.10 bits per heavy atom. The fourth-order valence-corrected chi connectivity index (χ4v) is 2.85. The van der Waals surface area contributed by atoms with E-state index in [1.54, 1.807) is 19.1 Å². The van der Waals surface area contributed by atoms with Crippen LogP contribution in [0.4, 0.5) is 11.4 Å². The van der Waals surface area contributed by atoms with Crippen molar-refractivity contribution in [3.05, 3.63) is 23.8 Å². The molecule has 20 heavy (non-hydrogen) atoms. The van der Waals surface area contributed by atoms with Gasteiger partial charge in [-0.1, -0.05) is 25.8 Å². The molecule has 1 fully saturated rings. The van der Waals surface area contributed by atoms with Gasteiger partial charge in [0, 0.05) is 6.54 Å². The molecule has 0 radical (unpaired) electrons. The van der Waals surface area contributed by atoms with Crippen molar-refractivity contribution in [3.63, 3.8) is 0 Å². The highest BCUT2D eigenvalue weighted by Crippen LogP contribution is 2.38. The largest absolute Gasteiger partial charge is 0.462 e. The first-order valence-corrected chi connectivity index (χ1v) is 7.35. The lowest BCUT2D eigenvalue weighted by Gasteiger charge is -2.25. The molecule has 1 aliphatic carbocycles. The number of carbonyl (C=O) groups excluding carboxylic acids is 1. The molecule has 2 rings (SSSR count). The van der Waals surface area contributed by atoms with E-state index < -0.39 is 0 Å². The number of carbonyl (C=O) groups is 1. The van der Waals surface area contributed by atoms with Crippen molar-refractivity contribution in [1.82, 2.24) is 0 Å². The molecule has 1 aliphatic rings. The number of esters is 1. The van der Waals surface area contributed by atoms with Gasteiger partial charge in [-0.3, -0.25) is 0 Å².